The van der Waals surface area contributed by atoms with E-state index in [1.54, 1.807) is 0 Å². The summed E-state index contributed by atoms with van der Waals surface area (Å²) in [5.41, 5.74) is 2.96. The fourth-order valence-electron chi connectivity index (χ4n) is 1.43. The minimum absolute atomic E-state index is 0.173. The summed E-state index contributed by atoms with van der Waals surface area (Å²) in [6, 6.07) is 3.91. The molecule has 1 aromatic carbocycles. The molecule has 0 saturated heterocycles. The average molecular weight is 180 g/mol. The third-order valence-corrected chi connectivity index (χ3v) is 2.30. The van der Waals surface area contributed by atoms with E-state index in [2.05, 4.69) is 0 Å². The second kappa shape index (κ2) is 4.28. The quantitative estimate of drug-likeness (QED) is 0.746. The van der Waals surface area contributed by atoms with Gasteiger partial charge in [-0.05, 0) is 43.4 Å². The standard InChI is InChI=1S/C11H16O2/c1-8-5-6-9(2)11(13)10(8)4-3-7-12/h5-6,12-13H,3-4,7H2,1-2H3. The zero-order chi connectivity index (χ0) is 9.84. The lowest BCUT2D eigenvalue weighted by Crippen LogP contribution is -1.94. The first-order valence-corrected chi connectivity index (χ1v) is 4.55. The second-order valence-corrected chi connectivity index (χ2v) is 3.35. The SMILES string of the molecule is Cc1ccc(C)c(CCCO)c1O. The molecule has 0 spiro atoms. The Morgan fingerprint density at radius 1 is 1.15 bits per heavy atom. The summed E-state index contributed by atoms with van der Waals surface area (Å²) in [4.78, 5) is 0. The Morgan fingerprint density at radius 2 is 1.77 bits per heavy atom. The van der Waals surface area contributed by atoms with E-state index in [0.717, 1.165) is 23.1 Å². The highest BCUT2D eigenvalue weighted by Crippen LogP contribution is 2.26. The van der Waals surface area contributed by atoms with Gasteiger partial charge in [0.1, 0.15) is 5.75 Å². The monoisotopic (exact) mass is 180 g/mol. The van der Waals surface area contributed by atoms with Gasteiger partial charge < -0.3 is 10.2 Å². The third kappa shape index (κ3) is 2.22. The Balaban J connectivity index is 2.96. The molecule has 1 rings (SSSR count). The smallest absolute Gasteiger partial charge is 0.121 e. The van der Waals surface area contributed by atoms with E-state index in [4.69, 9.17) is 5.11 Å². The number of hydrogen-bond acceptors (Lipinski definition) is 2. The molecule has 0 aliphatic rings. The first kappa shape index (κ1) is 10.1. The lowest BCUT2D eigenvalue weighted by Gasteiger charge is -2.09. The van der Waals surface area contributed by atoms with Crippen LogP contribution in [0.1, 0.15) is 23.1 Å². The molecule has 0 amide bonds. The lowest BCUT2D eigenvalue weighted by molar-refractivity contribution is 0.288. The van der Waals surface area contributed by atoms with Gasteiger partial charge in [0.25, 0.3) is 0 Å². The molecular weight excluding hydrogens is 164 g/mol. The molecule has 2 N–H and O–H groups in total. The van der Waals surface area contributed by atoms with Gasteiger partial charge in [-0.15, -0.1) is 0 Å². The number of phenolic OH excluding ortho intramolecular Hbond substituents is 1. The first-order chi connectivity index (χ1) is 6.16. The number of aromatic hydroxyl groups is 1. The molecule has 0 fully saturated rings. The maximum atomic E-state index is 9.72. The van der Waals surface area contributed by atoms with Gasteiger partial charge in [-0.25, -0.2) is 0 Å². The van der Waals surface area contributed by atoms with Crippen LogP contribution in [0.5, 0.6) is 5.75 Å². The normalized spacial score (nSPS) is 10.4. The maximum absolute atomic E-state index is 9.72. The van der Waals surface area contributed by atoms with E-state index in [0.29, 0.717) is 12.2 Å². The second-order valence-electron chi connectivity index (χ2n) is 3.35. The largest absolute Gasteiger partial charge is 0.507 e. The van der Waals surface area contributed by atoms with Crippen LogP contribution in [0, 0.1) is 13.8 Å². The number of rotatable bonds is 3. The predicted molar refractivity (Wildman–Crippen MR) is 53.0 cm³/mol. The highest BCUT2D eigenvalue weighted by molar-refractivity contribution is 5.44. The van der Waals surface area contributed by atoms with E-state index in [1.807, 2.05) is 26.0 Å². The molecule has 72 valence electrons. The maximum Gasteiger partial charge on any atom is 0.121 e. The molecule has 2 heteroatoms. The Morgan fingerprint density at radius 3 is 2.38 bits per heavy atom. The van der Waals surface area contributed by atoms with Crippen LogP contribution in [0.25, 0.3) is 0 Å². The number of aliphatic hydroxyl groups excluding tert-OH is 1. The minimum Gasteiger partial charge on any atom is -0.507 e. The van der Waals surface area contributed by atoms with Gasteiger partial charge in [-0.1, -0.05) is 12.1 Å². The van der Waals surface area contributed by atoms with Gasteiger partial charge in [0, 0.05) is 6.61 Å². The summed E-state index contributed by atoms with van der Waals surface area (Å²) in [5, 5.41) is 18.4. The summed E-state index contributed by atoms with van der Waals surface area (Å²) in [7, 11) is 0. The van der Waals surface area contributed by atoms with Crippen molar-refractivity contribution in [3.8, 4) is 5.75 Å². The van der Waals surface area contributed by atoms with Crippen LogP contribution in [0.3, 0.4) is 0 Å². The number of hydrogen-bond donors (Lipinski definition) is 2. The molecule has 0 aliphatic carbocycles. The van der Waals surface area contributed by atoms with Crippen molar-refractivity contribution in [2.45, 2.75) is 26.7 Å². The van der Waals surface area contributed by atoms with Crippen molar-refractivity contribution in [1.29, 1.82) is 0 Å². The van der Waals surface area contributed by atoms with Gasteiger partial charge in [0.15, 0.2) is 0 Å². The summed E-state index contributed by atoms with van der Waals surface area (Å²) in [6.45, 7) is 4.04. The zero-order valence-electron chi connectivity index (χ0n) is 8.17. The molecule has 0 heterocycles. The molecular formula is C11H16O2. The first-order valence-electron chi connectivity index (χ1n) is 4.55. The van der Waals surface area contributed by atoms with Crippen LogP contribution < -0.4 is 0 Å². The molecule has 0 unspecified atom stereocenters. The molecule has 13 heavy (non-hydrogen) atoms. The van der Waals surface area contributed by atoms with Crippen LogP contribution in [-0.4, -0.2) is 16.8 Å². The van der Waals surface area contributed by atoms with E-state index in [9.17, 15) is 5.11 Å². The van der Waals surface area contributed by atoms with Gasteiger partial charge >= 0.3 is 0 Å². The van der Waals surface area contributed by atoms with Crippen molar-refractivity contribution in [3.05, 3.63) is 28.8 Å². The zero-order valence-corrected chi connectivity index (χ0v) is 8.17. The molecule has 0 aromatic heterocycles. The third-order valence-electron chi connectivity index (χ3n) is 2.30. The number of phenols is 1. The lowest BCUT2D eigenvalue weighted by atomic mass is 10.00. The molecule has 0 atom stereocenters. The Labute approximate surface area is 78.8 Å². The van der Waals surface area contributed by atoms with E-state index in [-0.39, 0.29) is 6.61 Å². The summed E-state index contributed by atoms with van der Waals surface area (Å²) in [5.74, 6) is 0.383. The van der Waals surface area contributed by atoms with Crippen molar-refractivity contribution in [1.82, 2.24) is 0 Å². The number of benzene rings is 1. The van der Waals surface area contributed by atoms with Gasteiger partial charge in [0.05, 0.1) is 0 Å². The highest BCUT2D eigenvalue weighted by Gasteiger charge is 2.06. The van der Waals surface area contributed by atoms with Crippen molar-refractivity contribution < 1.29 is 10.2 Å². The van der Waals surface area contributed by atoms with Crippen LogP contribution in [0.15, 0.2) is 12.1 Å². The fraction of sp³-hybridized carbons (Fsp3) is 0.455. The Kier molecular flexibility index (Phi) is 3.32. The van der Waals surface area contributed by atoms with Crippen LogP contribution in [0.2, 0.25) is 0 Å². The molecule has 0 saturated carbocycles. The van der Waals surface area contributed by atoms with Gasteiger partial charge in [-0.3, -0.25) is 0 Å². The van der Waals surface area contributed by atoms with Crippen molar-refractivity contribution in [2.24, 2.45) is 0 Å². The molecule has 0 aliphatic heterocycles. The van der Waals surface area contributed by atoms with Crippen LogP contribution in [-0.2, 0) is 6.42 Å². The van der Waals surface area contributed by atoms with Crippen molar-refractivity contribution >= 4 is 0 Å². The molecule has 0 radical (unpaired) electrons. The van der Waals surface area contributed by atoms with Gasteiger partial charge in [0.2, 0.25) is 0 Å². The summed E-state index contributed by atoms with van der Waals surface area (Å²) >= 11 is 0. The van der Waals surface area contributed by atoms with Crippen molar-refractivity contribution in [3.63, 3.8) is 0 Å². The number of aryl methyl sites for hydroxylation is 2. The van der Waals surface area contributed by atoms with E-state index < -0.39 is 0 Å². The average Bonchev–Trinajstić information content (AvgIpc) is 2.12. The van der Waals surface area contributed by atoms with E-state index >= 15 is 0 Å². The minimum atomic E-state index is 0.173. The Hall–Kier alpha value is -1.02. The van der Waals surface area contributed by atoms with Crippen molar-refractivity contribution in [2.75, 3.05) is 6.61 Å². The summed E-state index contributed by atoms with van der Waals surface area (Å²) < 4.78 is 0. The topological polar surface area (TPSA) is 40.5 Å². The van der Waals surface area contributed by atoms with E-state index in [1.165, 1.54) is 0 Å². The Bertz CT molecular complexity index is 292. The van der Waals surface area contributed by atoms with Gasteiger partial charge in [-0.2, -0.15) is 0 Å². The van der Waals surface area contributed by atoms with Crippen LogP contribution in [0.4, 0.5) is 0 Å². The summed E-state index contributed by atoms with van der Waals surface area (Å²) in [6.07, 6.45) is 1.45. The highest BCUT2D eigenvalue weighted by atomic mass is 16.3. The predicted octanol–water partition coefficient (Wildman–Crippen LogP) is 1.93. The fourth-order valence-corrected chi connectivity index (χ4v) is 1.43. The molecule has 0 bridgehead atoms. The molecule has 2 nitrogen and oxygen atoms in total. The number of aliphatic hydroxyl groups is 1. The van der Waals surface area contributed by atoms with Crippen LogP contribution >= 0.6 is 0 Å². The molecule has 1 aromatic rings.